The molecular weight excluding hydrogens is 232 g/mol. The fraction of sp³-hybridized carbons (Fsp3) is 0.167. The first-order valence-electron chi connectivity index (χ1n) is 5.36. The van der Waals surface area contributed by atoms with Crippen LogP contribution in [0.2, 0.25) is 0 Å². The van der Waals surface area contributed by atoms with Crippen LogP contribution in [0, 0.1) is 11.7 Å². The van der Waals surface area contributed by atoms with Crippen LogP contribution in [0.3, 0.4) is 0 Å². The normalized spacial score (nSPS) is 11.2. The summed E-state index contributed by atoms with van der Waals surface area (Å²) in [5, 5.41) is 0. The van der Waals surface area contributed by atoms with Crippen molar-refractivity contribution >= 4 is 23.3 Å². The van der Waals surface area contributed by atoms with Crippen LogP contribution in [0.5, 0.6) is 0 Å². The van der Waals surface area contributed by atoms with Crippen LogP contribution in [-0.2, 0) is 7.05 Å². The highest BCUT2D eigenvalue weighted by Gasteiger charge is 2.06. The number of imidazole rings is 2. The molecule has 0 aliphatic carbocycles. The van der Waals surface area contributed by atoms with E-state index in [1.165, 1.54) is 0 Å². The van der Waals surface area contributed by atoms with Gasteiger partial charge in [0.05, 0.1) is 16.7 Å². The fourth-order valence-corrected chi connectivity index (χ4v) is 2.14. The molecule has 4 nitrogen and oxygen atoms in total. The molecule has 3 rings (SSSR count). The molecule has 1 aromatic carbocycles. The van der Waals surface area contributed by atoms with Crippen LogP contribution >= 0.6 is 12.2 Å². The van der Waals surface area contributed by atoms with Crippen molar-refractivity contribution in [3.05, 3.63) is 35.0 Å². The fourth-order valence-electron chi connectivity index (χ4n) is 1.98. The third-order valence-electron chi connectivity index (χ3n) is 3.01. The minimum Gasteiger partial charge on any atom is -0.337 e. The van der Waals surface area contributed by atoms with Gasteiger partial charge in [0.1, 0.15) is 5.82 Å². The summed E-state index contributed by atoms with van der Waals surface area (Å²) in [4.78, 5) is 10.6. The van der Waals surface area contributed by atoms with Gasteiger partial charge in [-0.2, -0.15) is 0 Å². The number of aromatic amines is 2. The summed E-state index contributed by atoms with van der Waals surface area (Å²) < 4.78 is 2.72. The lowest BCUT2D eigenvalue weighted by Gasteiger charge is -1.99. The minimum atomic E-state index is 0.636. The standard InChI is InChI=1S/C12H12N4S/c1-7-14-9-5-8(3-4-11(9)16(7)2)10-6-13-12(17)15-10/h3-6H,1-2H3,(H2,13,15,17). The van der Waals surface area contributed by atoms with Gasteiger partial charge in [-0.1, -0.05) is 6.07 Å². The molecule has 2 heterocycles. The molecule has 0 fully saturated rings. The highest BCUT2D eigenvalue weighted by molar-refractivity contribution is 7.71. The topological polar surface area (TPSA) is 49.4 Å². The lowest BCUT2D eigenvalue weighted by atomic mass is 10.1. The summed E-state index contributed by atoms with van der Waals surface area (Å²) in [6.45, 7) is 2.00. The first kappa shape index (κ1) is 10.3. The van der Waals surface area contributed by atoms with Gasteiger partial charge in [-0.05, 0) is 31.3 Å². The van der Waals surface area contributed by atoms with Crippen LogP contribution < -0.4 is 0 Å². The van der Waals surface area contributed by atoms with Gasteiger partial charge < -0.3 is 14.5 Å². The highest BCUT2D eigenvalue weighted by Crippen LogP contribution is 2.22. The van der Waals surface area contributed by atoms with E-state index in [-0.39, 0.29) is 0 Å². The second-order valence-electron chi connectivity index (χ2n) is 4.08. The van der Waals surface area contributed by atoms with Crippen LogP contribution in [0.4, 0.5) is 0 Å². The van der Waals surface area contributed by atoms with Crippen molar-refractivity contribution in [2.24, 2.45) is 7.05 Å². The molecule has 5 heteroatoms. The Morgan fingerprint density at radius 3 is 2.88 bits per heavy atom. The minimum absolute atomic E-state index is 0.636. The summed E-state index contributed by atoms with van der Waals surface area (Å²) in [7, 11) is 2.02. The number of aryl methyl sites for hydroxylation is 2. The van der Waals surface area contributed by atoms with Gasteiger partial charge >= 0.3 is 0 Å². The van der Waals surface area contributed by atoms with Crippen molar-refractivity contribution in [3.8, 4) is 11.3 Å². The summed E-state index contributed by atoms with van der Waals surface area (Å²) >= 11 is 5.02. The van der Waals surface area contributed by atoms with E-state index in [2.05, 4.69) is 37.7 Å². The third-order valence-corrected chi connectivity index (χ3v) is 3.23. The largest absolute Gasteiger partial charge is 0.337 e. The van der Waals surface area contributed by atoms with Gasteiger partial charge in [-0.3, -0.25) is 0 Å². The molecule has 0 saturated heterocycles. The Hall–Kier alpha value is -1.88. The molecule has 2 aromatic heterocycles. The molecule has 86 valence electrons. The Morgan fingerprint density at radius 1 is 1.35 bits per heavy atom. The quantitative estimate of drug-likeness (QED) is 0.647. The van der Waals surface area contributed by atoms with E-state index in [4.69, 9.17) is 12.2 Å². The molecule has 0 amide bonds. The summed E-state index contributed by atoms with van der Waals surface area (Å²) in [5.41, 5.74) is 4.21. The molecule has 17 heavy (non-hydrogen) atoms. The maximum atomic E-state index is 5.02. The Morgan fingerprint density at radius 2 is 2.18 bits per heavy atom. The molecule has 0 saturated carbocycles. The predicted octanol–water partition coefficient (Wildman–Crippen LogP) is 2.93. The molecule has 0 unspecified atom stereocenters. The van der Waals surface area contributed by atoms with E-state index in [1.54, 1.807) is 0 Å². The predicted molar refractivity (Wildman–Crippen MR) is 70.4 cm³/mol. The SMILES string of the molecule is Cc1nc2cc(-c3c[nH]c(=S)[nH]3)ccc2n1C. The van der Waals surface area contributed by atoms with Gasteiger partial charge in [0.15, 0.2) is 4.77 Å². The third kappa shape index (κ3) is 1.59. The van der Waals surface area contributed by atoms with Crippen LogP contribution in [0.1, 0.15) is 5.82 Å². The van der Waals surface area contributed by atoms with Gasteiger partial charge in [0.25, 0.3) is 0 Å². The number of aromatic nitrogens is 4. The van der Waals surface area contributed by atoms with Crippen LogP contribution in [-0.4, -0.2) is 19.5 Å². The van der Waals surface area contributed by atoms with Gasteiger partial charge in [-0.15, -0.1) is 0 Å². The number of nitrogens with zero attached hydrogens (tertiary/aromatic N) is 2. The number of fused-ring (bicyclic) bond motifs is 1. The van der Waals surface area contributed by atoms with Crippen molar-refractivity contribution in [1.29, 1.82) is 0 Å². The number of rotatable bonds is 1. The molecule has 0 radical (unpaired) electrons. The lowest BCUT2D eigenvalue weighted by Crippen LogP contribution is -1.89. The first-order chi connectivity index (χ1) is 8.15. The Labute approximate surface area is 103 Å². The van der Waals surface area contributed by atoms with Crippen molar-refractivity contribution in [2.45, 2.75) is 6.92 Å². The maximum Gasteiger partial charge on any atom is 0.174 e. The zero-order chi connectivity index (χ0) is 12.0. The van der Waals surface area contributed by atoms with Crippen molar-refractivity contribution in [2.75, 3.05) is 0 Å². The number of hydrogen-bond acceptors (Lipinski definition) is 2. The van der Waals surface area contributed by atoms with E-state index in [9.17, 15) is 0 Å². The van der Waals surface area contributed by atoms with Gasteiger partial charge in [0.2, 0.25) is 0 Å². The number of nitrogens with one attached hydrogen (secondary N) is 2. The molecule has 0 bridgehead atoms. The smallest absolute Gasteiger partial charge is 0.174 e. The molecule has 3 aromatic rings. The Balaban J connectivity index is 2.23. The summed E-state index contributed by atoms with van der Waals surface area (Å²) in [5.74, 6) is 1.01. The summed E-state index contributed by atoms with van der Waals surface area (Å²) in [6, 6.07) is 6.21. The number of hydrogen-bond donors (Lipinski definition) is 2. The molecular formula is C12H12N4S. The molecule has 0 aliphatic rings. The van der Waals surface area contributed by atoms with Crippen molar-refractivity contribution < 1.29 is 0 Å². The number of H-pyrrole nitrogens is 2. The van der Waals surface area contributed by atoms with E-state index >= 15 is 0 Å². The monoisotopic (exact) mass is 244 g/mol. The summed E-state index contributed by atoms with van der Waals surface area (Å²) in [6.07, 6.45) is 1.87. The highest BCUT2D eigenvalue weighted by atomic mass is 32.1. The van der Waals surface area contributed by atoms with Gasteiger partial charge in [-0.25, -0.2) is 4.98 Å². The zero-order valence-corrected chi connectivity index (χ0v) is 10.4. The molecule has 0 atom stereocenters. The van der Waals surface area contributed by atoms with Crippen LogP contribution in [0.15, 0.2) is 24.4 Å². The Kier molecular flexibility index (Phi) is 2.16. The lowest BCUT2D eigenvalue weighted by molar-refractivity contribution is 0.886. The first-order valence-corrected chi connectivity index (χ1v) is 5.77. The average Bonchev–Trinajstić information content (AvgIpc) is 2.85. The molecule has 2 N–H and O–H groups in total. The van der Waals surface area contributed by atoms with E-state index in [0.717, 1.165) is 28.1 Å². The van der Waals surface area contributed by atoms with Crippen molar-refractivity contribution in [1.82, 2.24) is 19.5 Å². The van der Waals surface area contributed by atoms with Crippen molar-refractivity contribution in [3.63, 3.8) is 0 Å². The second kappa shape index (κ2) is 3.56. The van der Waals surface area contributed by atoms with E-state index in [0.29, 0.717) is 4.77 Å². The van der Waals surface area contributed by atoms with E-state index < -0.39 is 0 Å². The second-order valence-corrected chi connectivity index (χ2v) is 4.49. The van der Waals surface area contributed by atoms with Gasteiger partial charge in [0, 0.05) is 18.8 Å². The van der Waals surface area contributed by atoms with Crippen LogP contribution in [0.25, 0.3) is 22.3 Å². The maximum absolute atomic E-state index is 5.02. The number of benzene rings is 1. The zero-order valence-electron chi connectivity index (χ0n) is 9.61. The molecule has 0 aliphatic heterocycles. The Bertz CT molecular complexity index is 747. The molecule has 0 spiro atoms. The van der Waals surface area contributed by atoms with E-state index in [1.807, 2.05) is 20.2 Å². The average molecular weight is 244 g/mol.